The number of carbonyl (C=O) groups excluding carboxylic acids is 1. The highest BCUT2D eigenvalue weighted by Gasteiger charge is 2.24. The summed E-state index contributed by atoms with van der Waals surface area (Å²) in [5.74, 6) is 0.676. The van der Waals surface area contributed by atoms with E-state index in [1.165, 1.54) is 0 Å². The minimum absolute atomic E-state index is 0.263. The van der Waals surface area contributed by atoms with Crippen LogP contribution in [0.25, 0.3) is 0 Å². The molecular formula is C16H32N4O2. The summed E-state index contributed by atoms with van der Waals surface area (Å²) in [4.78, 5) is 21.5. The average molecular weight is 312 g/mol. The van der Waals surface area contributed by atoms with Gasteiger partial charge in [-0.2, -0.15) is 0 Å². The maximum Gasteiger partial charge on any atom is 0.236 e. The van der Waals surface area contributed by atoms with Crippen LogP contribution in [0.1, 0.15) is 6.42 Å². The van der Waals surface area contributed by atoms with Crippen LogP contribution in [-0.2, 0) is 9.53 Å². The first-order valence-corrected chi connectivity index (χ1v) is 8.45. The quantitative estimate of drug-likeness (QED) is 0.710. The van der Waals surface area contributed by atoms with E-state index in [1.807, 2.05) is 4.90 Å². The predicted molar refractivity (Wildman–Crippen MR) is 88.0 cm³/mol. The molecule has 2 saturated heterocycles. The van der Waals surface area contributed by atoms with Gasteiger partial charge in [-0.15, -0.1) is 0 Å². The summed E-state index contributed by atoms with van der Waals surface area (Å²) < 4.78 is 5.67. The summed E-state index contributed by atoms with van der Waals surface area (Å²) in [7, 11) is 6.30. The SMILES string of the molecule is CN(C)CC1COCCN(C(=O)CN2CCCN(C)CC2)C1. The van der Waals surface area contributed by atoms with Crippen LogP contribution < -0.4 is 0 Å². The molecule has 0 bridgehead atoms. The molecule has 0 spiro atoms. The lowest BCUT2D eigenvalue weighted by Crippen LogP contribution is -2.44. The van der Waals surface area contributed by atoms with Crippen molar-refractivity contribution in [3.05, 3.63) is 0 Å². The topological polar surface area (TPSA) is 39.3 Å². The van der Waals surface area contributed by atoms with Gasteiger partial charge in [0.25, 0.3) is 0 Å². The molecule has 0 aromatic rings. The molecule has 22 heavy (non-hydrogen) atoms. The van der Waals surface area contributed by atoms with Gasteiger partial charge in [0.15, 0.2) is 0 Å². The minimum atomic E-state index is 0.263. The van der Waals surface area contributed by atoms with Crippen molar-refractivity contribution < 1.29 is 9.53 Å². The van der Waals surface area contributed by atoms with Crippen LogP contribution in [0.3, 0.4) is 0 Å². The van der Waals surface area contributed by atoms with E-state index in [-0.39, 0.29) is 5.91 Å². The summed E-state index contributed by atoms with van der Waals surface area (Å²) in [6.07, 6.45) is 1.15. The van der Waals surface area contributed by atoms with Crippen LogP contribution in [0.4, 0.5) is 0 Å². The zero-order valence-electron chi connectivity index (χ0n) is 14.5. The fraction of sp³-hybridized carbons (Fsp3) is 0.938. The zero-order valence-corrected chi connectivity index (χ0v) is 14.5. The van der Waals surface area contributed by atoms with Crippen molar-refractivity contribution in [2.24, 2.45) is 5.92 Å². The molecule has 6 nitrogen and oxygen atoms in total. The number of likely N-dealkylation sites (N-methyl/N-ethyl adjacent to an activating group) is 1. The summed E-state index contributed by atoms with van der Waals surface area (Å²) in [5, 5.41) is 0. The molecular weight excluding hydrogens is 280 g/mol. The highest BCUT2D eigenvalue weighted by Crippen LogP contribution is 2.10. The van der Waals surface area contributed by atoms with Gasteiger partial charge in [0, 0.05) is 38.6 Å². The van der Waals surface area contributed by atoms with E-state index in [0.717, 1.165) is 58.8 Å². The largest absolute Gasteiger partial charge is 0.379 e. The molecule has 1 unspecified atom stereocenters. The van der Waals surface area contributed by atoms with Crippen molar-refractivity contribution in [3.63, 3.8) is 0 Å². The van der Waals surface area contributed by atoms with E-state index < -0.39 is 0 Å². The van der Waals surface area contributed by atoms with Crippen molar-refractivity contribution in [1.29, 1.82) is 0 Å². The first kappa shape index (κ1) is 17.7. The second-order valence-corrected chi connectivity index (χ2v) is 6.98. The summed E-state index contributed by atoms with van der Waals surface area (Å²) in [6, 6.07) is 0. The maximum atomic E-state index is 12.6. The average Bonchev–Trinajstić information content (AvgIpc) is 2.79. The van der Waals surface area contributed by atoms with E-state index in [1.54, 1.807) is 0 Å². The third-order valence-corrected chi connectivity index (χ3v) is 4.48. The Kier molecular flexibility index (Phi) is 7.08. The van der Waals surface area contributed by atoms with Gasteiger partial charge in [0.1, 0.15) is 0 Å². The number of rotatable bonds is 4. The van der Waals surface area contributed by atoms with Crippen molar-refractivity contribution in [2.45, 2.75) is 6.42 Å². The van der Waals surface area contributed by atoms with Gasteiger partial charge in [-0.05, 0) is 40.7 Å². The number of nitrogens with zero attached hydrogens (tertiary/aromatic N) is 4. The lowest BCUT2D eigenvalue weighted by Gasteiger charge is -2.28. The highest BCUT2D eigenvalue weighted by molar-refractivity contribution is 5.78. The van der Waals surface area contributed by atoms with Gasteiger partial charge in [0.2, 0.25) is 5.91 Å². The molecule has 2 rings (SSSR count). The Hall–Kier alpha value is -0.690. The smallest absolute Gasteiger partial charge is 0.236 e. The summed E-state index contributed by atoms with van der Waals surface area (Å²) in [6.45, 7) is 8.72. The van der Waals surface area contributed by atoms with Crippen molar-refractivity contribution >= 4 is 5.91 Å². The lowest BCUT2D eigenvalue weighted by molar-refractivity contribution is -0.132. The molecule has 0 aliphatic carbocycles. The molecule has 1 amide bonds. The first-order chi connectivity index (χ1) is 10.5. The zero-order chi connectivity index (χ0) is 15.9. The standard InChI is InChI=1S/C16H32N4O2/c1-17(2)11-15-12-20(9-10-22-14-15)16(21)13-19-6-4-5-18(3)7-8-19/h15H,4-14H2,1-3H3. The Labute approximate surface area is 135 Å². The molecule has 0 aromatic carbocycles. The molecule has 2 aliphatic heterocycles. The van der Waals surface area contributed by atoms with Gasteiger partial charge in [-0.3, -0.25) is 9.69 Å². The van der Waals surface area contributed by atoms with Crippen LogP contribution in [0.2, 0.25) is 0 Å². The molecule has 2 aliphatic rings. The Balaban J connectivity index is 1.84. The highest BCUT2D eigenvalue weighted by atomic mass is 16.5. The molecule has 0 aromatic heterocycles. The summed E-state index contributed by atoms with van der Waals surface area (Å²) in [5.41, 5.74) is 0. The van der Waals surface area contributed by atoms with E-state index in [9.17, 15) is 4.79 Å². The Morgan fingerprint density at radius 2 is 2.00 bits per heavy atom. The number of hydrogen-bond donors (Lipinski definition) is 0. The van der Waals surface area contributed by atoms with Crippen LogP contribution >= 0.6 is 0 Å². The van der Waals surface area contributed by atoms with Gasteiger partial charge in [-0.25, -0.2) is 0 Å². The Bertz CT molecular complexity index is 351. The summed E-state index contributed by atoms with van der Waals surface area (Å²) >= 11 is 0. The van der Waals surface area contributed by atoms with E-state index in [4.69, 9.17) is 4.74 Å². The van der Waals surface area contributed by atoms with Crippen molar-refractivity contribution in [2.75, 3.05) is 86.7 Å². The Morgan fingerprint density at radius 1 is 1.18 bits per heavy atom. The number of hydrogen-bond acceptors (Lipinski definition) is 5. The minimum Gasteiger partial charge on any atom is -0.379 e. The molecule has 0 saturated carbocycles. The van der Waals surface area contributed by atoms with Crippen LogP contribution in [-0.4, -0.2) is 112 Å². The molecule has 0 N–H and O–H groups in total. The number of amides is 1. The van der Waals surface area contributed by atoms with Gasteiger partial charge in [-0.1, -0.05) is 0 Å². The van der Waals surface area contributed by atoms with Gasteiger partial charge < -0.3 is 19.4 Å². The maximum absolute atomic E-state index is 12.6. The Morgan fingerprint density at radius 3 is 2.77 bits per heavy atom. The van der Waals surface area contributed by atoms with E-state index in [0.29, 0.717) is 19.1 Å². The van der Waals surface area contributed by atoms with Crippen LogP contribution in [0.5, 0.6) is 0 Å². The molecule has 2 fully saturated rings. The second-order valence-electron chi connectivity index (χ2n) is 6.98. The lowest BCUT2D eigenvalue weighted by atomic mass is 10.1. The number of ether oxygens (including phenoxy) is 1. The van der Waals surface area contributed by atoms with Gasteiger partial charge >= 0.3 is 0 Å². The monoisotopic (exact) mass is 312 g/mol. The predicted octanol–water partition coefficient (Wildman–Crippen LogP) is -0.339. The normalized spacial score (nSPS) is 26.0. The van der Waals surface area contributed by atoms with Crippen molar-refractivity contribution in [3.8, 4) is 0 Å². The van der Waals surface area contributed by atoms with Crippen LogP contribution in [0.15, 0.2) is 0 Å². The molecule has 1 atom stereocenters. The van der Waals surface area contributed by atoms with E-state index in [2.05, 4.69) is 35.8 Å². The first-order valence-electron chi connectivity index (χ1n) is 8.45. The van der Waals surface area contributed by atoms with E-state index >= 15 is 0 Å². The molecule has 2 heterocycles. The molecule has 0 radical (unpaired) electrons. The fourth-order valence-corrected chi connectivity index (χ4v) is 3.28. The third kappa shape index (κ3) is 5.83. The van der Waals surface area contributed by atoms with Crippen molar-refractivity contribution in [1.82, 2.24) is 19.6 Å². The second kappa shape index (κ2) is 8.82. The van der Waals surface area contributed by atoms with Gasteiger partial charge in [0.05, 0.1) is 19.8 Å². The number of carbonyl (C=O) groups is 1. The molecule has 6 heteroatoms. The fourth-order valence-electron chi connectivity index (χ4n) is 3.28. The van der Waals surface area contributed by atoms with Crippen LogP contribution in [0, 0.1) is 5.92 Å². The molecule has 128 valence electrons. The third-order valence-electron chi connectivity index (χ3n) is 4.48.